The van der Waals surface area contributed by atoms with Crippen LogP contribution in [0.4, 0.5) is 0 Å². The minimum Gasteiger partial charge on any atom is -0.391 e. The highest BCUT2D eigenvalue weighted by molar-refractivity contribution is 5.93. The standard InChI is InChI=1S/C12H18N2O2/c1-2-6-13-7-3-4-11(13)12(16)14-8-5-10(15)9-14/h3-4,7,10,15H,2,5-6,8-9H2,1H3/t10-/m1/s1. The van der Waals surface area contributed by atoms with Crippen molar-refractivity contribution in [2.75, 3.05) is 13.1 Å². The number of hydrogen-bond acceptors (Lipinski definition) is 2. The van der Waals surface area contributed by atoms with Crippen molar-refractivity contribution in [3.63, 3.8) is 0 Å². The molecule has 1 aliphatic heterocycles. The molecule has 2 rings (SSSR count). The first-order valence-corrected chi connectivity index (χ1v) is 5.85. The molecule has 1 saturated heterocycles. The zero-order valence-corrected chi connectivity index (χ0v) is 9.59. The van der Waals surface area contributed by atoms with Crippen LogP contribution >= 0.6 is 0 Å². The molecule has 0 aromatic carbocycles. The average Bonchev–Trinajstić information content (AvgIpc) is 2.87. The van der Waals surface area contributed by atoms with Gasteiger partial charge in [0.1, 0.15) is 5.69 Å². The summed E-state index contributed by atoms with van der Waals surface area (Å²) in [5.74, 6) is 0.0370. The van der Waals surface area contributed by atoms with E-state index in [4.69, 9.17) is 0 Å². The van der Waals surface area contributed by atoms with E-state index in [1.165, 1.54) is 0 Å². The van der Waals surface area contributed by atoms with Crippen molar-refractivity contribution in [1.29, 1.82) is 0 Å². The predicted octanol–water partition coefficient (Wildman–Crippen LogP) is 1.10. The second kappa shape index (κ2) is 4.70. The number of rotatable bonds is 3. The summed E-state index contributed by atoms with van der Waals surface area (Å²) < 4.78 is 1.98. The van der Waals surface area contributed by atoms with Crippen LogP contribution in [-0.2, 0) is 6.54 Å². The Morgan fingerprint density at radius 2 is 2.44 bits per heavy atom. The van der Waals surface area contributed by atoms with Crippen LogP contribution in [0, 0.1) is 0 Å². The molecule has 2 heterocycles. The predicted molar refractivity (Wildman–Crippen MR) is 61.3 cm³/mol. The first-order valence-electron chi connectivity index (χ1n) is 5.85. The number of hydrogen-bond donors (Lipinski definition) is 1. The number of aliphatic hydroxyl groups excluding tert-OH is 1. The third-order valence-electron chi connectivity index (χ3n) is 2.96. The topological polar surface area (TPSA) is 45.5 Å². The molecule has 1 aliphatic rings. The van der Waals surface area contributed by atoms with E-state index in [2.05, 4.69) is 6.92 Å². The van der Waals surface area contributed by atoms with Gasteiger partial charge in [-0.15, -0.1) is 0 Å². The quantitative estimate of drug-likeness (QED) is 0.832. The van der Waals surface area contributed by atoms with Gasteiger partial charge in [0, 0.05) is 25.8 Å². The van der Waals surface area contributed by atoms with Crippen molar-refractivity contribution < 1.29 is 9.90 Å². The van der Waals surface area contributed by atoms with Crippen molar-refractivity contribution in [2.24, 2.45) is 0 Å². The molecule has 1 aromatic rings. The van der Waals surface area contributed by atoms with E-state index >= 15 is 0 Å². The lowest BCUT2D eigenvalue weighted by atomic mass is 10.3. The maximum atomic E-state index is 12.1. The molecule has 0 saturated carbocycles. The number of aryl methyl sites for hydroxylation is 1. The Bertz CT molecular complexity index is 373. The van der Waals surface area contributed by atoms with Crippen LogP contribution in [0.3, 0.4) is 0 Å². The highest BCUT2D eigenvalue weighted by atomic mass is 16.3. The fourth-order valence-corrected chi connectivity index (χ4v) is 2.13. The van der Waals surface area contributed by atoms with Gasteiger partial charge in [0.15, 0.2) is 0 Å². The van der Waals surface area contributed by atoms with Gasteiger partial charge in [0.2, 0.25) is 0 Å². The number of aliphatic hydroxyl groups is 1. The van der Waals surface area contributed by atoms with Gasteiger partial charge in [-0.25, -0.2) is 0 Å². The molecular formula is C12H18N2O2. The van der Waals surface area contributed by atoms with Crippen molar-refractivity contribution >= 4 is 5.91 Å². The lowest BCUT2D eigenvalue weighted by Gasteiger charge is -2.16. The minimum absolute atomic E-state index is 0.0370. The molecule has 1 amide bonds. The van der Waals surface area contributed by atoms with Gasteiger partial charge in [-0.3, -0.25) is 4.79 Å². The van der Waals surface area contributed by atoms with Crippen LogP contribution in [0.2, 0.25) is 0 Å². The molecule has 1 N–H and O–H groups in total. The largest absolute Gasteiger partial charge is 0.391 e. The van der Waals surface area contributed by atoms with Crippen LogP contribution in [-0.4, -0.2) is 39.7 Å². The van der Waals surface area contributed by atoms with Gasteiger partial charge in [0.05, 0.1) is 6.10 Å². The molecule has 1 aromatic heterocycles. The van der Waals surface area contributed by atoms with E-state index in [-0.39, 0.29) is 12.0 Å². The average molecular weight is 222 g/mol. The zero-order chi connectivity index (χ0) is 11.5. The Balaban J connectivity index is 2.11. The third-order valence-corrected chi connectivity index (χ3v) is 2.96. The highest BCUT2D eigenvalue weighted by Gasteiger charge is 2.26. The summed E-state index contributed by atoms with van der Waals surface area (Å²) in [5.41, 5.74) is 0.732. The molecule has 0 unspecified atom stereocenters. The summed E-state index contributed by atoms with van der Waals surface area (Å²) in [6, 6.07) is 3.75. The molecular weight excluding hydrogens is 204 g/mol. The normalized spacial score (nSPS) is 20.4. The number of likely N-dealkylation sites (tertiary alicyclic amines) is 1. The van der Waals surface area contributed by atoms with Gasteiger partial charge < -0.3 is 14.6 Å². The van der Waals surface area contributed by atoms with Crippen molar-refractivity contribution in [3.05, 3.63) is 24.0 Å². The smallest absolute Gasteiger partial charge is 0.270 e. The Hall–Kier alpha value is -1.29. The Kier molecular flexibility index (Phi) is 3.29. The number of nitrogens with zero attached hydrogens (tertiary/aromatic N) is 2. The summed E-state index contributed by atoms with van der Waals surface area (Å²) in [5, 5.41) is 9.42. The van der Waals surface area contributed by atoms with Gasteiger partial charge in [-0.2, -0.15) is 0 Å². The van der Waals surface area contributed by atoms with Gasteiger partial charge in [-0.1, -0.05) is 6.92 Å². The number of aromatic nitrogens is 1. The van der Waals surface area contributed by atoms with Crippen LogP contribution in [0.25, 0.3) is 0 Å². The molecule has 0 radical (unpaired) electrons. The van der Waals surface area contributed by atoms with Crippen LogP contribution in [0.15, 0.2) is 18.3 Å². The maximum absolute atomic E-state index is 12.1. The summed E-state index contributed by atoms with van der Waals surface area (Å²) in [6.45, 7) is 4.09. The Morgan fingerprint density at radius 3 is 3.06 bits per heavy atom. The molecule has 88 valence electrons. The second-order valence-corrected chi connectivity index (χ2v) is 4.28. The summed E-state index contributed by atoms with van der Waals surface area (Å²) in [4.78, 5) is 13.9. The summed E-state index contributed by atoms with van der Waals surface area (Å²) in [7, 11) is 0. The summed E-state index contributed by atoms with van der Waals surface area (Å²) in [6.07, 6.45) is 3.29. The number of amides is 1. The first kappa shape index (κ1) is 11.2. The molecule has 0 spiro atoms. The number of β-amino-alcohol motifs (C(OH)–C–C–N with tert-alkyl or cyclic N) is 1. The lowest BCUT2D eigenvalue weighted by molar-refractivity contribution is 0.0754. The molecule has 1 fully saturated rings. The molecule has 4 nitrogen and oxygen atoms in total. The zero-order valence-electron chi connectivity index (χ0n) is 9.59. The van der Waals surface area contributed by atoms with Crippen molar-refractivity contribution in [3.8, 4) is 0 Å². The van der Waals surface area contributed by atoms with Crippen LogP contribution in [0.1, 0.15) is 30.3 Å². The molecule has 16 heavy (non-hydrogen) atoms. The van der Waals surface area contributed by atoms with E-state index in [0.717, 1.165) is 18.7 Å². The van der Waals surface area contributed by atoms with Gasteiger partial charge in [-0.05, 0) is 25.0 Å². The highest BCUT2D eigenvalue weighted by Crippen LogP contribution is 2.14. The SMILES string of the molecule is CCCn1cccc1C(=O)N1CC[C@@H](O)C1. The summed E-state index contributed by atoms with van der Waals surface area (Å²) >= 11 is 0. The van der Waals surface area contributed by atoms with E-state index in [0.29, 0.717) is 19.5 Å². The number of carbonyl (C=O) groups excluding carboxylic acids is 1. The minimum atomic E-state index is -0.349. The van der Waals surface area contributed by atoms with E-state index in [1.807, 2.05) is 22.9 Å². The second-order valence-electron chi connectivity index (χ2n) is 4.28. The molecule has 4 heteroatoms. The maximum Gasteiger partial charge on any atom is 0.270 e. The van der Waals surface area contributed by atoms with E-state index in [1.54, 1.807) is 4.90 Å². The van der Waals surface area contributed by atoms with Gasteiger partial charge >= 0.3 is 0 Å². The molecule has 0 aliphatic carbocycles. The lowest BCUT2D eigenvalue weighted by Crippen LogP contribution is -2.31. The molecule has 1 atom stereocenters. The number of carbonyl (C=O) groups is 1. The van der Waals surface area contributed by atoms with Crippen LogP contribution < -0.4 is 0 Å². The fourth-order valence-electron chi connectivity index (χ4n) is 2.13. The van der Waals surface area contributed by atoms with Crippen molar-refractivity contribution in [1.82, 2.24) is 9.47 Å². The van der Waals surface area contributed by atoms with Crippen molar-refractivity contribution in [2.45, 2.75) is 32.4 Å². The Labute approximate surface area is 95.5 Å². The Morgan fingerprint density at radius 1 is 1.62 bits per heavy atom. The monoisotopic (exact) mass is 222 g/mol. The van der Waals surface area contributed by atoms with Gasteiger partial charge in [0.25, 0.3) is 5.91 Å². The third kappa shape index (κ3) is 2.11. The fraction of sp³-hybridized carbons (Fsp3) is 0.583. The molecule has 0 bridgehead atoms. The van der Waals surface area contributed by atoms with Crippen LogP contribution in [0.5, 0.6) is 0 Å². The van der Waals surface area contributed by atoms with E-state index in [9.17, 15) is 9.90 Å². The van der Waals surface area contributed by atoms with E-state index < -0.39 is 0 Å². The first-order chi connectivity index (χ1) is 7.72.